The van der Waals surface area contributed by atoms with Crippen LogP contribution in [0.3, 0.4) is 0 Å². The van der Waals surface area contributed by atoms with E-state index in [1.165, 1.54) is 32.4 Å². The minimum atomic E-state index is -3.49. The number of fused-ring (bicyclic) bond motifs is 1. The number of unbranched alkanes of at least 4 members (excludes halogenated alkanes) is 2. The first kappa shape index (κ1) is 24.6. The van der Waals surface area contributed by atoms with E-state index in [2.05, 4.69) is 11.9 Å². The monoisotopic (exact) mass is 448 g/mol. The lowest BCUT2D eigenvalue weighted by Crippen LogP contribution is -2.22. The fraction of sp³-hybridized carbons (Fsp3) is 0.474. The van der Waals surface area contributed by atoms with Crippen LogP contribution in [-0.4, -0.2) is 44.4 Å². The predicted octanol–water partition coefficient (Wildman–Crippen LogP) is 4.92. The lowest BCUT2D eigenvalue weighted by Gasteiger charge is -2.12. The van der Waals surface area contributed by atoms with Crippen molar-refractivity contribution in [1.29, 1.82) is 0 Å². The number of esters is 1. The molecule has 0 aliphatic rings. The molecule has 0 aliphatic heterocycles. The lowest BCUT2D eigenvalue weighted by molar-refractivity contribution is -0.143. The number of benzene rings is 1. The molecule has 0 saturated carbocycles. The molecule has 0 bridgehead atoms. The van der Waals surface area contributed by atoms with Crippen molar-refractivity contribution in [2.24, 2.45) is 0 Å². The number of sulfonamides is 1. The highest BCUT2D eigenvalue weighted by molar-refractivity contribution is 7.89. The maximum Gasteiger partial charge on any atom is 0.305 e. The maximum atomic E-state index is 12.0. The largest absolute Gasteiger partial charge is 0.466 e. The van der Waals surface area contributed by atoms with Gasteiger partial charge < -0.3 is 4.74 Å². The van der Waals surface area contributed by atoms with Crippen LogP contribution in [0.1, 0.15) is 39.5 Å². The number of halogens is 2. The fourth-order valence-corrected chi connectivity index (χ4v) is 3.63. The van der Waals surface area contributed by atoms with Gasteiger partial charge in [-0.2, -0.15) is 0 Å². The standard InChI is InChI=1S/C11H10Cl2N2O2S.C8H16O2/c1-15(2)18(16,17)7-3-4-8-9(5-7)11(13)14-6-10(8)12;1-3-5-6-7-8(9)10-4-2/h3-6H,1-2H3;3-7H2,1-2H3. The van der Waals surface area contributed by atoms with Crippen LogP contribution >= 0.6 is 23.2 Å². The van der Waals surface area contributed by atoms with E-state index in [9.17, 15) is 13.2 Å². The number of ether oxygens (including phenoxy) is 1. The van der Waals surface area contributed by atoms with Gasteiger partial charge in [-0.05, 0) is 25.5 Å². The minimum Gasteiger partial charge on any atom is -0.466 e. The Hall–Kier alpha value is -1.41. The van der Waals surface area contributed by atoms with E-state index < -0.39 is 10.0 Å². The summed E-state index contributed by atoms with van der Waals surface area (Å²) in [6.45, 7) is 4.45. The summed E-state index contributed by atoms with van der Waals surface area (Å²) in [5.74, 6) is -0.0593. The minimum absolute atomic E-state index is 0.0593. The van der Waals surface area contributed by atoms with E-state index in [1.807, 2.05) is 6.92 Å². The van der Waals surface area contributed by atoms with E-state index in [1.54, 1.807) is 6.07 Å². The Kier molecular flexibility index (Phi) is 10.2. The Morgan fingerprint density at radius 3 is 2.39 bits per heavy atom. The van der Waals surface area contributed by atoms with E-state index in [0.717, 1.165) is 23.6 Å². The molecule has 2 rings (SSSR count). The highest BCUT2D eigenvalue weighted by Crippen LogP contribution is 2.30. The van der Waals surface area contributed by atoms with Crippen molar-refractivity contribution >= 4 is 50.0 Å². The molecule has 9 heteroatoms. The van der Waals surface area contributed by atoms with Gasteiger partial charge in [0.25, 0.3) is 0 Å². The van der Waals surface area contributed by atoms with Crippen molar-refractivity contribution in [3.63, 3.8) is 0 Å². The number of rotatable bonds is 7. The molecule has 1 heterocycles. The van der Waals surface area contributed by atoms with Crippen LogP contribution in [0.25, 0.3) is 10.8 Å². The smallest absolute Gasteiger partial charge is 0.305 e. The van der Waals surface area contributed by atoms with Gasteiger partial charge in [0.15, 0.2) is 0 Å². The van der Waals surface area contributed by atoms with Crippen molar-refractivity contribution in [3.05, 3.63) is 34.6 Å². The normalized spacial score (nSPS) is 11.2. The van der Waals surface area contributed by atoms with Crippen LogP contribution in [-0.2, 0) is 19.6 Å². The molecule has 1 aromatic carbocycles. The zero-order valence-electron chi connectivity index (χ0n) is 16.5. The van der Waals surface area contributed by atoms with Crippen LogP contribution in [0.15, 0.2) is 29.3 Å². The fourth-order valence-electron chi connectivity index (χ4n) is 2.28. The van der Waals surface area contributed by atoms with Crippen molar-refractivity contribution < 1.29 is 17.9 Å². The first-order valence-corrected chi connectivity index (χ1v) is 11.2. The molecule has 0 radical (unpaired) electrons. The summed E-state index contributed by atoms with van der Waals surface area (Å²) >= 11 is 11.9. The van der Waals surface area contributed by atoms with Crippen molar-refractivity contribution in [2.45, 2.75) is 44.4 Å². The summed E-state index contributed by atoms with van der Waals surface area (Å²) in [6, 6.07) is 4.60. The first-order chi connectivity index (χ1) is 13.1. The van der Waals surface area contributed by atoms with E-state index in [0.29, 0.717) is 28.8 Å². The molecular formula is C19H26Cl2N2O4S. The summed E-state index contributed by atoms with van der Waals surface area (Å²) in [5.41, 5.74) is 0. The van der Waals surface area contributed by atoms with Crippen LogP contribution in [0.5, 0.6) is 0 Å². The molecule has 0 amide bonds. The summed E-state index contributed by atoms with van der Waals surface area (Å²) < 4.78 is 29.9. The van der Waals surface area contributed by atoms with Crippen LogP contribution < -0.4 is 0 Å². The Labute approximate surface area is 176 Å². The second kappa shape index (κ2) is 11.6. The molecule has 156 valence electrons. The molecule has 0 unspecified atom stereocenters. The molecule has 0 N–H and O–H groups in total. The molecule has 0 aliphatic carbocycles. The molecule has 28 heavy (non-hydrogen) atoms. The highest BCUT2D eigenvalue weighted by Gasteiger charge is 2.18. The number of hydrogen-bond donors (Lipinski definition) is 0. The Balaban J connectivity index is 0.000000336. The van der Waals surface area contributed by atoms with Gasteiger partial charge in [-0.25, -0.2) is 17.7 Å². The third kappa shape index (κ3) is 6.88. The van der Waals surface area contributed by atoms with Gasteiger partial charge in [0.05, 0.1) is 16.5 Å². The summed E-state index contributed by atoms with van der Waals surface area (Å²) in [4.78, 5) is 14.8. The molecule has 0 fully saturated rings. The van der Waals surface area contributed by atoms with Gasteiger partial charge in [-0.3, -0.25) is 4.79 Å². The van der Waals surface area contributed by atoms with Crippen molar-refractivity contribution in [1.82, 2.24) is 9.29 Å². The van der Waals surface area contributed by atoms with Crippen LogP contribution in [0, 0.1) is 0 Å². The Morgan fingerprint density at radius 1 is 1.14 bits per heavy atom. The average molecular weight is 449 g/mol. The van der Waals surface area contributed by atoms with Crippen LogP contribution in [0.2, 0.25) is 10.2 Å². The molecule has 6 nitrogen and oxygen atoms in total. The third-order valence-corrected chi connectivity index (χ3v) is 6.24. The molecule has 0 saturated heterocycles. The number of nitrogens with zero attached hydrogens (tertiary/aromatic N) is 2. The summed E-state index contributed by atoms with van der Waals surface area (Å²) in [6.07, 6.45) is 5.27. The predicted molar refractivity (Wildman–Crippen MR) is 113 cm³/mol. The number of pyridine rings is 1. The highest BCUT2D eigenvalue weighted by atomic mass is 35.5. The van der Waals surface area contributed by atoms with E-state index in [-0.39, 0.29) is 16.0 Å². The van der Waals surface area contributed by atoms with Gasteiger partial charge in [0.2, 0.25) is 10.0 Å². The molecule has 1 aromatic heterocycles. The van der Waals surface area contributed by atoms with Gasteiger partial charge in [-0.15, -0.1) is 0 Å². The number of aromatic nitrogens is 1. The van der Waals surface area contributed by atoms with Gasteiger partial charge in [0.1, 0.15) is 5.15 Å². The quantitative estimate of drug-likeness (QED) is 0.341. The lowest BCUT2D eigenvalue weighted by atomic mass is 10.2. The Morgan fingerprint density at radius 2 is 1.82 bits per heavy atom. The molecular weight excluding hydrogens is 423 g/mol. The second-order valence-corrected chi connectivity index (χ2v) is 9.07. The van der Waals surface area contributed by atoms with Crippen LogP contribution in [0.4, 0.5) is 0 Å². The van der Waals surface area contributed by atoms with E-state index >= 15 is 0 Å². The summed E-state index contributed by atoms with van der Waals surface area (Å²) in [7, 11) is -0.555. The average Bonchev–Trinajstić information content (AvgIpc) is 2.65. The van der Waals surface area contributed by atoms with E-state index in [4.69, 9.17) is 27.9 Å². The SMILES string of the molecule is CCCCCC(=O)OCC.CN(C)S(=O)(=O)c1ccc2c(Cl)cnc(Cl)c2c1. The zero-order valence-corrected chi connectivity index (χ0v) is 18.9. The van der Waals surface area contributed by atoms with Crippen molar-refractivity contribution in [3.8, 4) is 0 Å². The van der Waals surface area contributed by atoms with Crippen molar-refractivity contribution in [2.75, 3.05) is 20.7 Å². The Bertz CT molecular complexity index is 902. The van der Waals surface area contributed by atoms with Gasteiger partial charge >= 0.3 is 5.97 Å². The topological polar surface area (TPSA) is 76.6 Å². The number of carbonyl (C=O) groups is 1. The third-order valence-electron chi connectivity index (χ3n) is 3.83. The second-order valence-electron chi connectivity index (χ2n) is 6.15. The molecule has 0 atom stereocenters. The molecule has 0 spiro atoms. The van der Waals surface area contributed by atoms with Gasteiger partial charge in [0, 0.05) is 37.5 Å². The first-order valence-electron chi connectivity index (χ1n) is 8.97. The maximum absolute atomic E-state index is 12.0. The zero-order chi connectivity index (χ0) is 21.3. The molecule has 2 aromatic rings. The number of hydrogen-bond acceptors (Lipinski definition) is 5. The van der Waals surface area contributed by atoms with Gasteiger partial charge in [-0.1, -0.05) is 49.0 Å². The number of carbonyl (C=O) groups excluding carboxylic acids is 1. The summed E-state index contributed by atoms with van der Waals surface area (Å²) in [5, 5.41) is 1.86.